The van der Waals surface area contributed by atoms with Crippen molar-refractivity contribution in [1.82, 2.24) is 4.31 Å². The third-order valence-corrected chi connectivity index (χ3v) is 5.82. The summed E-state index contributed by atoms with van der Waals surface area (Å²) in [7, 11) is -3.27. The summed E-state index contributed by atoms with van der Waals surface area (Å²) >= 11 is 0. The fourth-order valence-corrected chi connectivity index (χ4v) is 4.21. The number of aryl methyl sites for hydroxylation is 1. The van der Waals surface area contributed by atoms with E-state index in [0.29, 0.717) is 31.5 Å². The van der Waals surface area contributed by atoms with Gasteiger partial charge < -0.3 is 0 Å². The normalized spacial score (nSPS) is 20.0. The molecule has 1 aliphatic heterocycles. The first-order chi connectivity index (χ1) is 10.4. The molecule has 0 N–H and O–H groups in total. The number of halogens is 2. The predicted molar refractivity (Wildman–Crippen MR) is 83.0 cm³/mol. The van der Waals surface area contributed by atoms with Crippen LogP contribution in [0.2, 0.25) is 0 Å². The average Bonchev–Trinajstić information content (AvgIpc) is 2.46. The van der Waals surface area contributed by atoms with E-state index in [0.717, 1.165) is 18.9 Å². The Morgan fingerprint density at radius 1 is 1.36 bits per heavy atom. The number of sulfonamides is 1. The van der Waals surface area contributed by atoms with Crippen molar-refractivity contribution >= 4 is 10.0 Å². The molecule has 22 heavy (non-hydrogen) atoms. The van der Waals surface area contributed by atoms with Crippen LogP contribution in [0, 0.1) is 17.6 Å². The van der Waals surface area contributed by atoms with E-state index in [1.54, 1.807) is 0 Å². The highest BCUT2D eigenvalue weighted by atomic mass is 32.2. The first kappa shape index (κ1) is 17.1. The summed E-state index contributed by atoms with van der Waals surface area (Å²) in [6.07, 6.45) is 4.33. The average molecular weight is 329 g/mol. The lowest BCUT2D eigenvalue weighted by atomic mass is 9.92. The third kappa shape index (κ3) is 4.36. The van der Waals surface area contributed by atoms with E-state index < -0.39 is 21.7 Å². The SMILES string of the molecule is C=CCS(=O)(=O)N1CCCC(CCc2ccc(F)cc2F)C1. The van der Waals surface area contributed by atoms with E-state index in [1.807, 2.05) is 0 Å². The van der Waals surface area contributed by atoms with E-state index in [-0.39, 0.29) is 11.7 Å². The second kappa shape index (κ2) is 7.33. The van der Waals surface area contributed by atoms with Crippen LogP contribution < -0.4 is 0 Å². The minimum Gasteiger partial charge on any atom is -0.212 e. The molecule has 1 aromatic rings. The van der Waals surface area contributed by atoms with Crippen molar-refractivity contribution in [3.63, 3.8) is 0 Å². The number of hydrogen-bond donors (Lipinski definition) is 0. The Balaban J connectivity index is 1.94. The van der Waals surface area contributed by atoms with Gasteiger partial charge in [0.1, 0.15) is 11.6 Å². The van der Waals surface area contributed by atoms with Gasteiger partial charge in [-0.2, -0.15) is 0 Å². The van der Waals surface area contributed by atoms with Crippen LogP contribution >= 0.6 is 0 Å². The Bertz CT molecular complexity index is 631. The quantitative estimate of drug-likeness (QED) is 0.752. The molecule has 1 saturated heterocycles. The standard InChI is InChI=1S/C16H21F2NO2S/c1-2-10-22(20,21)19-9-3-4-13(12-19)5-6-14-7-8-15(17)11-16(14)18/h2,7-8,11,13H,1,3-6,9-10,12H2. The first-order valence-electron chi connectivity index (χ1n) is 7.45. The molecular formula is C16H21F2NO2S. The van der Waals surface area contributed by atoms with Crippen molar-refractivity contribution < 1.29 is 17.2 Å². The van der Waals surface area contributed by atoms with Crippen molar-refractivity contribution in [2.75, 3.05) is 18.8 Å². The minimum atomic E-state index is -3.27. The van der Waals surface area contributed by atoms with Gasteiger partial charge in [-0.1, -0.05) is 12.1 Å². The predicted octanol–water partition coefficient (Wildman–Crippen LogP) is 3.13. The van der Waals surface area contributed by atoms with Gasteiger partial charge in [0.25, 0.3) is 0 Å². The lowest BCUT2D eigenvalue weighted by Crippen LogP contribution is -2.40. The summed E-state index contributed by atoms with van der Waals surface area (Å²) < 4.78 is 52.1. The van der Waals surface area contributed by atoms with Gasteiger partial charge in [0.2, 0.25) is 10.0 Å². The highest BCUT2D eigenvalue weighted by Crippen LogP contribution is 2.24. The molecule has 1 atom stereocenters. The number of rotatable bonds is 6. The molecule has 122 valence electrons. The molecule has 0 aliphatic carbocycles. The summed E-state index contributed by atoms with van der Waals surface area (Å²) in [5.41, 5.74) is 0.479. The van der Waals surface area contributed by atoms with Gasteiger partial charge in [-0.15, -0.1) is 6.58 Å². The summed E-state index contributed by atoms with van der Waals surface area (Å²) in [5.74, 6) is -0.961. The van der Waals surface area contributed by atoms with E-state index >= 15 is 0 Å². The Labute approximate surface area is 130 Å². The van der Waals surface area contributed by atoms with Crippen LogP contribution in [0.4, 0.5) is 8.78 Å². The van der Waals surface area contributed by atoms with Gasteiger partial charge in [-0.3, -0.25) is 0 Å². The topological polar surface area (TPSA) is 37.4 Å². The maximum atomic E-state index is 13.6. The zero-order valence-electron chi connectivity index (χ0n) is 12.5. The third-order valence-electron chi connectivity index (χ3n) is 4.04. The zero-order chi connectivity index (χ0) is 16.2. The van der Waals surface area contributed by atoms with Crippen LogP contribution in [0.5, 0.6) is 0 Å². The molecule has 1 aromatic carbocycles. The number of benzene rings is 1. The fourth-order valence-electron chi connectivity index (χ4n) is 2.85. The number of nitrogens with zero attached hydrogens (tertiary/aromatic N) is 1. The molecule has 3 nitrogen and oxygen atoms in total. The van der Waals surface area contributed by atoms with Crippen LogP contribution in [-0.4, -0.2) is 31.6 Å². The molecule has 2 rings (SSSR count). The Hall–Kier alpha value is -1.27. The van der Waals surface area contributed by atoms with Crippen LogP contribution in [-0.2, 0) is 16.4 Å². The van der Waals surface area contributed by atoms with Gasteiger partial charge in [-0.05, 0) is 43.2 Å². The minimum absolute atomic E-state index is 0.0493. The Morgan fingerprint density at radius 2 is 2.14 bits per heavy atom. The van der Waals surface area contributed by atoms with E-state index in [1.165, 1.54) is 22.5 Å². The molecule has 0 radical (unpaired) electrons. The molecule has 1 aliphatic rings. The van der Waals surface area contributed by atoms with Gasteiger partial charge in [0.05, 0.1) is 5.75 Å². The monoisotopic (exact) mass is 329 g/mol. The maximum absolute atomic E-state index is 13.6. The Morgan fingerprint density at radius 3 is 2.82 bits per heavy atom. The maximum Gasteiger partial charge on any atom is 0.217 e. The Kier molecular flexibility index (Phi) is 5.69. The molecule has 1 heterocycles. The molecule has 6 heteroatoms. The second-order valence-corrected chi connectivity index (χ2v) is 7.72. The van der Waals surface area contributed by atoms with Crippen LogP contribution in [0.25, 0.3) is 0 Å². The summed E-state index contributed by atoms with van der Waals surface area (Å²) in [6, 6.07) is 3.59. The molecule has 1 fully saturated rings. The molecule has 1 unspecified atom stereocenters. The lowest BCUT2D eigenvalue weighted by molar-refractivity contribution is 0.256. The molecular weight excluding hydrogens is 308 g/mol. The number of hydrogen-bond acceptors (Lipinski definition) is 2. The molecule has 0 spiro atoms. The van der Waals surface area contributed by atoms with Gasteiger partial charge in [0.15, 0.2) is 0 Å². The van der Waals surface area contributed by atoms with Crippen molar-refractivity contribution in [2.45, 2.75) is 25.7 Å². The van der Waals surface area contributed by atoms with E-state index in [4.69, 9.17) is 0 Å². The van der Waals surface area contributed by atoms with E-state index in [9.17, 15) is 17.2 Å². The van der Waals surface area contributed by atoms with Gasteiger partial charge in [0, 0.05) is 19.2 Å². The van der Waals surface area contributed by atoms with Gasteiger partial charge in [-0.25, -0.2) is 21.5 Å². The molecule has 0 aromatic heterocycles. The smallest absolute Gasteiger partial charge is 0.212 e. The van der Waals surface area contributed by atoms with Crippen LogP contribution in [0.1, 0.15) is 24.8 Å². The molecule has 0 bridgehead atoms. The summed E-state index contributed by atoms with van der Waals surface area (Å²) in [5, 5.41) is 0. The van der Waals surface area contributed by atoms with Crippen molar-refractivity contribution in [3.8, 4) is 0 Å². The van der Waals surface area contributed by atoms with Crippen LogP contribution in [0.3, 0.4) is 0 Å². The summed E-state index contributed by atoms with van der Waals surface area (Å²) in [4.78, 5) is 0. The second-order valence-electron chi connectivity index (χ2n) is 5.71. The van der Waals surface area contributed by atoms with Crippen molar-refractivity contribution in [3.05, 3.63) is 48.1 Å². The lowest BCUT2D eigenvalue weighted by Gasteiger charge is -2.31. The zero-order valence-corrected chi connectivity index (χ0v) is 13.3. The highest BCUT2D eigenvalue weighted by molar-refractivity contribution is 7.89. The van der Waals surface area contributed by atoms with Crippen molar-refractivity contribution in [1.29, 1.82) is 0 Å². The number of piperidine rings is 1. The molecule has 0 amide bonds. The largest absolute Gasteiger partial charge is 0.217 e. The van der Waals surface area contributed by atoms with Gasteiger partial charge >= 0.3 is 0 Å². The van der Waals surface area contributed by atoms with Crippen LogP contribution in [0.15, 0.2) is 30.9 Å². The highest BCUT2D eigenvalue weighted by Gasteiger charge is 2.27. The first-order valence-corrected chi connectivity index (χ1v) is 9.06. The van der Waals surface area contributed by atoms with E-state index in [2.05, 4.69) is 6.58 Å². The summed E-state index contributed by atoms with van der Waals surface area (Å²) in [6.45, 7) is 4.48. The fraction of sp³-hybridized carbons (Fsp3) is 0.500. The molecule has 0 saturated carbocycles. The van der Waals surface area contributed by atoms with Crippen molar-refractivity contribution in [2.24, 2.45) is 5.92 Å².